The summed E-state index contributed by atoms with van der Waals surface area (Å²) >= 11 is -0.287. The predicted molar refractivity (Wildman–Crippen MR) is 58.8 cm³/mol. The fourth-order valence-corrected chi connectivity index (χ4v) is 1.92. The molecular formula is C10H17ClMg. The zero-order valence-electron chi connectivity index (χ0n) is 8.36. The van der Waals surface area contributed by atoms with Crippen LogP contribution in [0.25, 0.3) is 0 Å². The molecule has 0 saturated carbocycles. The van der Waals surface area contributed by atoms with Crippen LogP contribution in [-0.2, 0) is 0 Å². The van der Waals surface area contributed by atoms with Crippen molar-refractivity contribution in [1.82, 2.24) is 0 Å². The van der Waals surface area contributed by atoms with Crippen LogP contribution in [0.5, 0.6) is 0 Å². The van der Waals surface area contributed by atoms with Gasteiger partial charge in [-0.15, -0.1) is 10.6 Å². The Hall–Kier alpha value is 0.536. The molecule has 0 aromatic carbocycles. The standard InChI is InChI=1S/C10H17.ClH.Mg/c1-5-10(4)8-6-7-9(2)3;;/h5,7H,1,6,8H2,2-4H3;1H;/q;;+1/p-1/b10-5-;;. The van der Waals surface area contributed by atoms with Crippen molar-refractivity contribution in [1.29, 1.82) is 0 Å². The molecule has 0 fully saturated rings. The van der Waals surface area contributed by atoms with Gasteiger partial charge in [0.2, 0.25) is 0 Å². The van der Waals surface area contributed by atoms with E-state index in [2.05, 4.69) is 32.9 Å². The summed E-state index contributed by atoms with van der Waals surface area (Å²) < 4.78 is 1.14. The van der Waals surface area contributed by atoms with Gasteiger partial charge in [-0.05, 0) is 33.6 Å². The largest absolute Gasteiger partial charge is 0.504 e. The molecule has 0 nitrogen and oxygen atoms in total. The van der Waals surface area contributed by atoms with Crippen LogP contribution in [0.15, 0.2) is 23.3 Å². The molecule has 0 N–H and O–H groups in total. The Kier molecular flexibility index (Phi) is 8.51. The first-order valence-corrected chi connectivity index (χ1v) is 7.65. The van der Waals surface area contributed by atoms with Crippen LogP contribution < -0.4 is 0 Å². The van der Waals surface area contributed by atoms with E-state index in [-0.39, 0.29) is 19.3 Å². The molecule has 0 aromatic rings. The van der Waals surface area contributed by atoms with E-state index in [0.29, 0.717) is 0 Å². The van der Waals surface area contributed by atoms with E-state index in [9.17, 15) is 0 Å². The first-order valence-electron chi connectivity index (χ1n) is 4.51. The molecule has 0 unspecified atom stereocenters. The molecule has 0 spiro atoms. The Balaban J connectivity index is 3.56. The third-order valence-corrected chi connectivity index (χ3v) is 2.85. The third-order valence-electron chi connectivity index (χ3n) is 1.69. The van der Waals surface area contributed by atoms with Crippen molar-refractivity contribution in [3.8, 4) is 0 Å². The Morgan fingerprint density at radius 3 is 2.42 bits per heavy atom. The van der Waals surface area contributed by atoms with Crippen LogP contribution >= 0.6 is 9.07 Å². The summed E-state index contributed by atoms with van der Waals surface area (Å²) in [7, 11) is 5.71. The molecule has 0 aliphatic rings. The average Bonchev–Trinajstić information content (AvgIpc) is 2.00. The second kappa shape index (κ2) is 8.15. The van der Waals surface area contributed by atoms with Crippen molar-refractivity contribution in [2.75, 3.05) is 0 Å². The van der Waals surface area contributed by atoms with Gasteiger partial charge in [-0.2, -0.15) is 0 Å². The highest BCUT2D eigenvalue weighted by Crippen LogP contribution is 2.07. The molecule has 0 bridgehead atoms. The monoisotopic (exact) mass is 196 g/mol. The molecule has 2 heteroatoms. The Labute approximate surface area is 89.6 Å². The molecule has 66 valence electrons. The third kappa shape index (κ3) is 8.63. The molecule has 0 aromatic heterocycles. The van der Waals surface area contributed by atoms with Gasteiger partial charge >= 0.3 is 19.3 Å². The molecular weight excluding hydrogens is 180 g/mol. The second-order valence-electron chi connectivity index (χ2n) is 3.35. The molecule has 0 atom stereocenters. The van der Waals surface area contributed by atoms with Crippen molar-refractivity contribution >= 4 is 28.3 Å². The van der Waals surface area contributed by atoms with E-state index in [1.165, 1.54) is 24.0 Å². The fraction of sp³-hybridized carbons (Fsp3) is 0.600. The number of rotatable bonds is 5. The maximum absolute atomic E-state index is 5.71. The smallest absolute Gasteiger partial charge is 0.346 e. The minimum Gasteiger partial charge on any atom is -0.346 e. The first kappa shape index (κ1) is 12.5. The summed E-state index contributed by atoms with van der Waals surface area (Å²) in [6.07, 6.45) is 6.94. The van der Waals surface area contributed by atoms with Gasteiger partial charge in [0.25, 0.3) is 0 Å². The minimum atomic E-state index is -0.287. The number of allylic oxidation sites excluding steroid dienone is 4. The van der Waals surface area contributed by atoms with E-state index in [1.807, 2.05) is 0 Å². The summed E-state index contributed by atoms with van der Waals surface area (Å²) in [5, 5.41) is 0. The van der Waals surface area contributed by atoms with Crippen LogP contribution in [0.2, 0.25) is 4.55 Å². The normalized spacial score (nSPS) is 10.8. The Bertz CT molecular complexity index is 167. The van der Waals surface area contributed by atoms with Gasteiger partial charge in [-0.1, -0.05) is 17.2 Å². The lowest BCUT2D eigenvalue weighted by Crippen LogP contribution is -1.79. The summed E-state index contributed by atoms with van der Waals surface area (Å²) in [6, 6.07) is 0. The fourth-order valence-electron chi connectivity index (χ4n) is 0.992. The molecule has 0 amide bonds. The molecule has 12 heavy (non-hydrogen) atoms. The van der Waals surface area contributed by atoms with Crippen molar-refractivity contribution < 1.29 is 0 Å². The van der Waals surface area contributed by atoms with Crippen LogP contribution in [0.3, 0.4) is 0 Å². The van der Waals surface area contributed by atoms with Crippen molar-refractivity contribution in [2.24, 2.45) is 0 Å². The van der Waals surface area contributed by atoms with Crippen LogP contribution in [0.4, 0.5) is 0 Å². The van der Waals surface area contributed by atoms with Crippen molar-refractivity contribution in [3.05, 3.63) is 23.3 Å². The molecule has 0 aliphatic heterocycles. The lowest BCUT2D eigenvalue weighted by molar-refractivity contribution is 0.963. The van der Waals surface area contributed by atoms with Gasteiger partial charge < -0.3 is 9.07 Å². The van der Waals surface area contributed by atoms with E-state index < -0.39 is 0 Å². The topological polar surface area (TPSA) is 0 Å². The summed E-state index contributed by atoms with van der Waals surface area (Å²) in [6.45, 7) is 6.48. The van der Waals surface area contributed by atoms with Gasteiger partial charge in [-0.25, -0.2) is 0 Å². The maximum atomic E-state index is 5.71. The number of hydrogen-bond acceptors (Lipinski definition) is 0. The van der Waals surface area contributed by atoms with Crippen LogP contribution in [-0.4, -0.2) is 19.3 Å². The van der Waals surface area contributed by atoms with Gasteiger partial charge in [-0.3, -0.25) is 0 Å². The lowest BCUT2D eigenvalue weighted by atomic mass is 10.1. The SMILES string of the molecule is CC(C)=CCC/C(C)=C\[CH2][Mg][Cl]. The highest BCUT2D eigenvalue weighted by atomic mass is 35.5. The number of hydrogen-bond donors (Lipinski definition) is 0. The van der Waals surface area contributed by atoms with Crippen molar-refractivity contribution in [2.45, 2.75) is 38.2 Å². The van der Waals surface area contributed by atoms with Gasteiger partial charge in [0.05, 0.1) is 0 Å². The maximum Gasteiger partial charge on any atom is 0.504 e. The average molecular weight is 197 g/mol. The molecule has 0 saturated heterocycles. The van der Waals surface area contributed by atoms with Crippen LogP contribution in [0.1, 0.15) is 33.6 Å². The van der Waals surface area contributed by atoms with E-state index in [4.69, 9.17) is 9.07 Å². The summed E-state index contributed by atoms with van der Waals surface area (Å²) in [4.78, 5) is 0. The minimum absolute atomic E-state index is 0.287. The highest BCUT2D eigenvalue weighted by Gasteiger charge is 1.90. The van der Waals surface area contributed by atoms with Gasteiger partial charge in [0.1, 0.15) is 0 Å². The first-order chi connectivity index (χ1) is 5.66. The molecule has 0 aliphatic carbocycles. The predicted octanol–water partition coefficient (Wildman–Crippen LogP) is 3.96. The van der Waals surface area contributed by atoms with E-state index in [1.54, 1.807) is 0 Å². The van der Waals surface area contributed by atoms with Gasteiger partial charge in [0.15, 0.2) is 0 Å². The molecule has 0 heterocycles. The zero-order chi connectivity index (χ0) is 9.40. The summed E-state index contributed by atoms with van der Waals surface area (Å²) in [5.74, 6) is 0. The van der Waals surface area contributed by atoms with Gasteiger partial charge in [0, 0.05) is 0 Å². The quantitative estimate of drug-likeness (QED) is 0.462. The Morgan fingerprint density at radius 1 is 1.25 bits per heavy atom. The van der Waals surface area contributed by atoms with Crippen LogP contribution in [0, 0.1) is 0 Å². The number of halogens is 1. The van der Waals surface area contributed by atoms with Crippen molar-refractivity contribution in [3.63, 3.8) is 0 Å². The highest BCUT2D eigenvalue weighted by molar-refractivity contribution is 6.93. The van der Waals surface area contributed by atoms with E-state index in [0.717, 1.165) is 4.55 Å². The Morgan fingerprint density at radius 2 is 1.92 bits per heavy atom. The molecule has 0 rings (SSSR count). The second-order valence-corrected chi connectivity index (χ2v) is 5.44. The lowest BCUT2D eigenvalue weighted by Gasteiger charge is -1.97. The summed E-state index contributed by atoms with van der Waals surface area (Å²) in [5.41, 5.74) is 2.90. The zero-order valence-corrected chi connectivity index (χ0v) is 10.5. The molecule has 0 radical (unpaired) electrons. The van der Waals surface area contributed by atoms with E-state index >= 15 is 0 Å².